The summed E-state index contributed by atoms with van der Waals surface area (Å²) >= 11 is 1.41. The van der Waals surface area contributed by atoms with Crippen molar-refractivity contribution < 1.29 is 4.79 Å². The Morgan fingerprint density at radius 2 is 2.13 bits per heavy atom. The highest BCUT2D eigenvalue weighted by atomic mass is 32.2. The number of nitriles is 1. The molecule has 118 valence electrons. The Hall–Kier alpha value is -2.33. The van der Waals surface area contributed by atoms with E-state index in [9.17, 15) is 4.79 Å². The number of aryl methyl sites for hydroxylation is 1. The zero-order valence-corrected chi connectivity index (χ0v) is 13.6. The number of benzene rings is 1. The van der Waals surface area contributed by atoms with Gasteiger partial charge >= 0.3 is 0 Å². The second-order valence-corrected chi connectivity index (χ2v) is 6.44. The van der Waals surface area contributed by atoms with Crippen LogP contribution in [0.25, 0.3) is 0 Å². The molecule has 1 aromatic carbocycles. The van der Waals surface area contributed by atoms with Gasteiger partial charge < -0.3 is 9.88 Å². The van der Waals surface area contributed by atoms with E-state index in [2.05, 4.69) is 26.2 Å². The second-order valence-electron chi connectivity index (χ2n) is 5.50. The first-order chi connectivity index (χ1) is 11.2. The predicted octanol–water partition coefficient (Wildman–Crippen LogP) is 2.72. The number of carbonyl (C=O) groups is 1. The summed E-state index contributed by atoms with van der Waals surface area (Å²) in [5.41, 5.74) is 1.67. The number of aromatic nitrogens is 3. The van der Waals surface area contributed by atoms with E-state index in [-0.39, 0.29) is 5.91 Å². The third kappa shape index (κ3) is 3.90. The quantitative estimate of drug-likeness (QED) is 0.825. The van der Waals surface area contributed by atoms with Crippen LogP contribution in [0, 0.1) is 18.3 Å². The lowest BCUT2D eigenvalue weighted by Gasteiger charge is -2.07. The molecule has 0 atom stereocenters. The maximum absolute atomic E-state index is 12.1. The molecular weight excluding hydrogens is 310 g/mol. The molecule has 1 aliphatic rings. The van der Waals surface area contributed by atoms with Crippen molar-refractivity contribution in [1.29, 1.82) is 5.26 Å². The summed E-state index contributed by atoms with van der Waals surface area (Å²) in [4.78, 5) is 12.1. The van der Waals surface area contributed by atoms with Crippen molar-refractivity contribution in [2.75, 3.05) is 11.1 Å². The van der Waals surface area contributed by atoms with Gasteiger partial charge in [0, 0.05) is 11.7 Å². The van der Waals surface area contributed by atoms with E-state index < -0.39 is 0 Å². The Morgan fingerprint density at radius 3 is 2.78 bits per heavy atom. The lowest BCUT2D eigenvalue weighted by Crippen LogP contribution is -2.14. The number of nitrogens with zero attached hydrogens (tertiary/aromatic N) is 4. The zero-order chi connectivity index (χ0) is 16.2. The van der Waals surface area contributed by atoms with Gasteiger partial charge in [0.05, 0.1) is 18.2 Å². The highest BCUT2D eigenvalue weighted by Gasteiger charge is 2.28. The number of hydrogen-bond acceptors (Lipinski definition) is 5. The minimum Gasteiger partial charge on any atom is -0.325 e. The minimum atomic E-state index is -0.0777. The van der Waals surface area contributed by atoms with Gasteiger partial charge in [-0.1, -0.05) is 23.9 Å². The lowest BCUT2D eigenvalue weighted by atomic mass is 10.1. The molecule has 1 aromatic heterocycles. The van der Waals surface area contributed by atoms with Crippen LogP contribution in [-0.2, 0) is 11.2 Å². The number of amides is 1. The fourth-order valence-corrected chi connectivity index (χ4v) is 3.18. The number of nitrogens with one attached hydrogen (secondary N) is 1. The van der Waals surface area contributed by atoms with Gasteiger partial charge in [-0.25, -0.2) is 0 Å². The van der Waals surface area contributed by atoms with E-state index >= 15 is 0 Å². The maximum Gasteiger partial charge on any atom is 0.234 e. The largest absolute Gasteiger partial charge is 0.325 e. The standard InChI is InChI=1S/C16H17N5OS/c1-11-19-20-16(21(11)14-6-7-14)23-10-15(22)18-13-4-2-12(3-5-13)8-9-17/h2-5,14H,6-8,10H2,1H3,(H,18,22). The molecule has 23 heavy (non-hydrogen) atoms. The van der Waals surface area contributed by atoms with E-state index in [1.54, 1.807) is 0 Å². The molecule has 1 aliphatic carbocycles. The molecule has 1 heterocycles. The average Bonchev–Trinajstić information content (AvgIpc) is 3.31. The van der Waals surface area contributed by atoms with E-state index in [4.69, 9.17) is 5.26 Å². The summed E-state index contributed by atoms with van der Waals surface area (Å²) in [5, 5.41) is 20.6. The molecule has 6 nitrogen and oxygen atoms in total. The predicted molar refractivity (Wildman–Crippen MR) is 88.1 cm³/mol. The van der Waals surface area contributed by atoms with Gasteiger partial charge in [0.2, 0.25) is 5.91 Å². The molecule has 7 heteroatoms. The molecule has 0 radical (unpaired) electrons. The van der Waals surface area contributed by atoms with Crippen LogP contribution < -0.4 is 5.32 Å². The van der Waals surface area contributed by atoms with Gasteiger partial charge in [0.15, 0.2) is 5.16 Å². The van der Waals surface area contributed by atoms with Crippen molar-refractivity contribution >= 4 is 23.4 Å². The number of carbonyl (C=O) groups excluding carboxylic acids is 1. The Bertz CT molecular complexity index is 743. The normalized spacial score (nSPS) is 13.6. The van der Waals surface area contributed by atoms with E-state index in [1.807, 2.05) is 31.2 Å². The molecule has 3 rings (SSSR count). The average molecular weight is 327 g/mol. The van der Waals surface area contributed by atoms with Crippen molar-refractivity contribution in [2.24, 2.45) is 0 Å². The monoisotopic (exact) mass is 327 g/mol. The van der Waals surface area contributed by atoms with Crippen molar-refractivity contribution in [2.45, 2.75) is 37.4 Å². The number of thioether (sulfide) groups is 1. The summed E-state index contributed by atoms with van der Waals surface area (Å²) in [7, 11) is 0. The van der Waals surface area contributed by atoms with Crippen LogP contribution >= 0.6 is 11.8 Å². The molecule has 0 spiro atoms. The number of anilines is 1. The fraction of sp³-hybridized carbons (Fsp3) is 0.375. The van der Waals surface area contributed by atoms with Crippen molar-refractivity contribution in [3.8, 4) is 6.07 Å². The van der Waals surface area contributed by atoms with Crippen LogP contribution in [0.2, 0.25) is 0 Å². The molecular formula is C16H17N5OS. The third-order valence-corrected chi connectivity index (χ3v) is 4.54. The van der Waals surface area contributed by atoms with Crippen molar-refractivity contribution in [1.82, 2.24) is 14.8 Å². The van der Waals surface area contributed by atoms with Crippen LogP contribution in [0.3, 0.4) is 0 Å². The molecule has 2 aromatic rings. The van der Waals surface area contributed by atoms with Crippen LogP contribution in [0.4, 0.5) is 5.69 Å². The van der Waals surface area contributed by atoms with Crippen LogP contribution in [0.15, 0.2) is 29.4 Å². The molecule has 0 unspecified atom stereocenters. The third-order valence-electron chi connectivity index (χ3n) is 3.60. The Kier molecular flexibility index (Phi) is 4.63. The topological polar surface area (TPSA) is 83.6 Å². The van der Waals surface area contributed by atoms with E-state index in [1.165, 1.54) is 11.8 Å². The summed E-state index contributed by atoms with van der Waals surface area (Å²) in [5.74, 6) is 1.12. The summed E-state index contributed by atoms with van der Waals surface area (Å²) < 4.78 is 2.12. The van der Waals surface area contributed by atoms with Crippen LogP contribution in [0.1, 0.15) is 30.3 Å². The summed E-state index contributed by atoms with van der Waals surface area (Å²) in [6.45, 7) is 1.94. The van der Waals surface area contributed by atoms with Crippen LogP contribution in [0.5, 0.6) is 0 Å². The van der Waals surface area contributed by atoms with Gasteiger partial charge in [0.25, 0.3) is 0 Å². The van der Waals surface area contributed by atoms with E-state index in [0.717, 1.165) is 35.1 Å². The first kappa shape index (κ1) is 15.6. The van der Waals surface area contributed by atoms with E-state index in [0.29, 0.717) is 18.2 Å². The Morgan fingerprint density at radius 1 is 1.39 bits per heavy atom. The van der Waals surface area contributed by atoms with Crippen molar-refractivity contribution in [3.05, 3.63) is 35.7 Å². The fourth-order valence-electron chi connectivity index (χ4n) is 2.33. The molecule has 0 saturated heterocycles. The molecule has 1 fully saturated rings. The smallest absolute Gasteiger partial charge is 0.234 e. The number of rotatable bonds is 6. The van der Waals surface area contributed by atoms with Crippen molar-refractivity contribution in [3.63, 3.8) is 0 Å². The molecule has 1 N–H and O–H groups in total. The summed E-state index contributed by atoms with van der Waals surface area (Å²) in [6.07, 6.45) is 2.70. The Labute approximate surface area is 138 Å². The molecule has 0 aliphatic heterocycles. The van der Waals surface area contributed by atoms with Gasteiger partial charge in [-0.05, 0) is 37.5 Å². The Balaban J connectivity index is 1.54. The number of hydrogen-bond donors (Lipinski definition) is 1. The molecule has 1 saturated carbocycles. The molecule has 0 bridgehead atoms. The maximum atomic E-state index is 12.1. The van der Waals surface area contributed by atoms with Crippen LogP contribution in [-0.4, -0.2) is 26.4 Å². The zero-order valence-electron chi connectivity index (χ0n) is 12.8. The first-order valence-corrected chi connectivity index (χ1v) is 8.46. The lowest BCUT2D eigenvalue weighted by molar-refractivity contribution is -0.113. The first-order valence-electron chi connectivity index (χ1n) is 7.47. The highest BCUT2D eigenvalue weighted by Crippen LogP contribution is 2.38. The van der Waals surface area contributed by atoms with Gasteiger partial charge in [-0.15, -0.1) is 10.2 Å². The van der Waals surface area contributed by atoms with Gasteiger partial charge in [-0.2, -0.15) is 5.26 Å². The van der Waals surface area contributed by atoms with Gasteiger partial charge in [-0.3, -0.25) is 4.79 Å². The summed E-state index contributed by atoms with van der Waals surface area (Å²) in [6, 6.07) is 9.92. The SMILES string of the molecule is Cc1nnc(SCC(=O)Nc2ccc(CC#N)cc2)n1C1CC1. The highest BCUT2D eigenvalue weighted by molar-refractivity contribution is 7.99. The van der Waals surface area contributed by atoms with Gasteiger partial charge in [0.1, 0.15) is 5.82 Å². The minimum absolute atomic E-state index is 0.0777. The second kappa shape index (κ2) is 6.84. The molecule has 1 amide bonds.